The Kier molecular flexibility index (Phi) is 4.70. The van der Waals surface area contributed by atoms with Gasteiger partial charge in [-0.1, -0.05) is 24.3 Å². The second kappa shape index (κ2) is 7.51. The Labute approximate surface area is 171 Å². The van der Waals surface area contributed by atoms with E-state index in [2.05, 4.69) is 36.2 Å². The highest BCUT2D eigenvalue weighted by Gasteiger charge is 2.35. The topological polar surface area (TPSA) is 42.4 Å². The number of carbonyl (C=O) groups excluding carboxylic acids is 1. The fourth-order valence-corrected chi connectivity index (χ4v) is 4.16. The Morgan fingerprint density at radius 3 is 2.48 bits per heavy atom. The monoisotopic (exact) mass is 386 g/mol. The molecule has 0 atom stereocenters. The van der Waals surface area contributed by atoms with Gasteiger partial charge >= 0.3 is 0 Å². The van der Waals surface area contributed by atoms with Crippen molar-refractivity contribution in [1.82, 2.24) is 9.88 Å². The van der Waals surface area contributed by atoms with Gasteiger partial charge in [0, 0.05) is 49.0 Å². The van der Waals surface area contributed by atoms with E-state index in [1.54, 1.807) is 0 Å². The molecule has 0 unspecified atom stereocenters. The van der Waals surface area contributed by atoms with Crippen LogP contribution in [0.4, 0.5) is 0 Å². The number of aryl methyl sites for hydroxylation is 1. The van der Waals surface area contributed by atoms with E-state index < -0.39 is 0 Å². The number of hydrogen-bond donors (Lipinski definition) is 0. The predicted octanol–water partition coefficient (Wildman–Crippen LogP) is 4.99. The lowest BCUT2D eigenvalue weighted by atomic mass is 10.0. The summed E-state index contributed by atoms with van der Waals surface area (Å²) >= 11 is 0. The second-order valence-electron chi connectivity index (χ2n) is 8.31. The van der Waals surface area contributed by atoms with Gasteiger partial charge in [-0.25, -0.2) is 0 Å². The summed E-state index contributed by atoms with van der Waals surface area (Å²) < 4.78 is 6.19. The number of pyridine rings is 1. The van der Waals surface area contributed by atoms with Crippen LogP contribution in [0.2, 0.25) is 0 Å². The van der Waals surface area contributed by atoms with E-state index in [1.807, 2.05) is 35.4 Å². The number of amides is 1. The Morgan fingerprint density at radius 1 is 1.00 bits per heavy atom. The van der Waals surface area contributed by atoms with Crippen molar-refractivity contribution < 1.29 is 9.53 Å². The van der Waals surface area contributed by atoms with E-state index in [0.29, 0.717) is 11.8 Å². The maximum Gasteiger partial charge on any atom is 0.225 e. The Balaban J connectivity index is 1.24. The molecule has 0 radical (unpaired) electrons. The van der Waals surface area contributed by atoms with Gasteiger partial charge in [-0.3, -0.25) is 9.78 Å². The number of likely N-dealkylation sites (tertiary alicyclic amines) is 1. The highest BCUT2D eigenvalue weighted by molar-refractivity contribution is 5.86. The van der Waals surface area contributed by atoms with Gasteiger partial charge in [0.2, 0.25) is 5.91 Å². The molecule has 29 heavy (non-hydrogen) atoms. The molecule has 2 fully saturated rings. The zero-order chi connectivity index (χ0) is 19.8. The SMILES string of the molecule is Cc1cccc2ncc(-c3ccc(OC4CCN(C(=O)C5CC5)CC4)cc3)cc12. The highest BCUT2D eigenvalue weighted by Crippen LogP contribution is 2.32. The van der Waals surface area contributed by atoms with E-state index in [1.165, 1.54) is 10.9 Å². The van der Waals surface area contributed by atoms with Crippen LogP contribution in [0.1, 0.15) is 31.2 Å². The molecule has 148 valence electrons. The molecule has 1 aliphatic heterocycles. The zero-order valence-corrected chi connectivity index (χ0v) is 16.8. The van der Waals surface area contributed by atoms with E-state index in [9.17, 15) is 4.79 Å². The van der Waals surface area contributed by atoms with Crippen molar-refractivity contribution in [2.75, 3.05) is 13.1 Å². The lowest BCUT2D eigenvalue weighted by Crippen LogP contribution is -2.42. The summed E-state index contributed by atoms with van der Waals surface area (Å²) in [6.45, 7) is 3.76. The summed E-state index contributed by atoms with van der Waals surface area (Å²) in [6.07, 6.45) is 6.10. The maximum atomic E-state index is 12.2. The number of hydrogen-bond acceptors (Lipinski definition) is 3. The lowest BCUT2D eigenvalue weighted by molar-refractivity contribution is -0.134. The smallest absolute Gasteiger partial charge is 0.225 e. The van der Waals surface area contributed by atoms with Crippen molar-refractivity contribution in [3.8, 4) is 16.9 Å². The number of nitrogens with zero attached hydrogens (tertiary/aromatic N) is 2. The van der Waals surface area contributed by atoms with Crippen molar-refractivity contribution in [2.45, 2.75) is 38.7 Å². The molecule has 2 aromatic carbocycles. The van der Waals surface area contributed by atoms with Gasteiger partial charge in [0.05, 0.1) is 5.52 Å². The number of aromatic nitrogens is 1. The van der Waals surface area contributed by atoms with Crippen molar-refractivity contribution in [3.63, 3.8) is 0 Å². The molecule has 3 aromatic rings. The molecule has 1 amide bonds. The predicted molar refractivity (Wildman–Crippen MR) is 115 cm³/mol. The number of fused-ring (bicyclic) bond motifs is 1. The lowest BCUT2D eigenvalue weighted by Gasteiger charge is -2.32. The molecule has 4 nitrogen and oxygen atoms in total. The van der Waals surface area contributed by atoms with Gasteiger partial charge in [0.25, 0.3) is 0 Å². The van der Waals surface area contributed by atoms with Crippen LogP contribution in [0, 0.1) is 12.8 Å². The minimum atomic E-state index is 0.189. The van der Waals surface area contributed by atoms with E-state index in [-0.39, 0.29) is 6.10 Å². The standard InChI is InChI=1S/C25H26N2O2/c1-17-3-2-4-24-23(17)15-20(16-26-24)18-7-9-21(10-8-18)29-22-11-13-27(14-12-22)25(28)19-5-6-19/h2-4,7-10,15-16,19,22H,5-6,11-14H2,1H3. The molecule has 2 heterocycles. The zero-order valence-electron chi connectivity index (χ0n) is 16.8. The van der Waals surface area contributed by atoms with Gasteiger partial charge in [0.15, 0.2) is 0 Å². The molecule has 1 saturated heterocycles. The summed E-state index contributed by atoms with van der Waals surface area (Å²) in [7, 11) is 0. The van der Waals surface area contributed by atoms with Gasteiger partial charge < -0.3 is 9.64 Å². The molecular weight excluding hydrogens is 360 g/mol. The largest absolute Gasteiger partial charge is 0.490 e. The minimum absolute atomic E-state index is 0.189. The number of piperidine rings is 1. The van der Waals surface area contributed by atoms with Gasteiger partial charge in [-0.15, -0.1) is 0 Å². The molecule has 0 spiro atoms. The van der Waals surface area contributed by atoms with Crippen LogP contribution < -0.4 is 4.74 Å². The molecule has 1 aromatic heterocycles. The van der Waals surface area contributed by atoms with Crippen LogP contribution in [0.3, 0.4) is 0 Å². The second-order valence-corrected chi connectivity index (χ2v) is 8.31. The Hall–Kier alpha value is -2.88. The van der Waals surface area contributed by atoms with E-state index in [4.69, 9.17) is 4.74 Å². The van der Waals surface area contributed by atoms with Crippen LogP contribution in [-0.2, 0) is 4.79 Å². The summed E-state index contributed by atoms with van der Waals surface area (Å²) in [6, 6.07) is 16.7. The number of carbonyl (C=O) groups is 1. The first-order valence-electron chi connectivity index (χ1n) is 10.6. The van der Waals surface area contributed by atoms with E-state index >= 15 is 0 Å². The minimum Gasteiger partial charge on any atom is -0.490 e. The molecule has 5 rings (SSSR count). The van der Waals surface area contributed by atoms with Crippen molar-refractivity contribution in [2.24, 2.45) is 5.92 Å². The quantitative estimate of drug-likeness (QED) is 0.634. The Morgan fingerprint density at radius 2 is 1.76 bits per heavy atom. The maximum absolute atomic E-state index is 12.2. The molecule has 1 saturated carbocycles. The number of rotatable bonds is 4. The van der Waals surface area contributed by atoms with Gasteiger partial charge in [0.1, 0.15) is 11.9 Å². The molecule has 0 N–H and O–H groups in total. The normalized spacial score (nSPS) is 17.5. The van der Waals surface area contributed by atoms with Gasteiger partial charge in [-0.2, -0.15) is 0 Å². The third-order valence-electron chi connectivity index (χ3n) is 6.11. The third kappa shape index (κ3) is 3.84. The van der Waals surface area contributed by atoms with Gasteiger partial charge in [-0.05, 0) is 55.2 Å². The molecule has 2 aliphatic rings. The summed E-state index contributed by atoms with van der Waals surface area (Å²) in [4.78, 5) is 18.8. The first kappa shape index (κ1) is 18.2. The summed E-state index contributed by atoms with van der Waals surface area (Å²) in [5.74, 6) is 1.56. The van der Waals surface area contributed by atoms with Crippen molar-refractivity contribution in [1.29, 1.82) is 0 Å². The molecule has 4 heteroatoms. The van der Waals surface area contributed by atoms with Crippen LogP contribution in [0.25, 0.3) is 22.0 Å². The number of benzene rings is 2. The summed E-state index contributed by atoms with van der Waals surface area (Å²) in [5.41, 5.74) is 4.52. The average Bonchev–Trinajstić information content (AvgIpc) is 3.60. The molecule has 1 aliphatic carbocycles. The molecule has 0 bridgehead atoms. The molecular formula is C25H26N2O2. The van der Waals surface area contributed by atoms with E-state index in [0.717, 1.165) is 61.2 Å². The fraction of sp³-hybridized carbons (Fsp3) is 0.360. The average molecular weight is 386 g/mol. The van der Waals surface area contributed by atoms with Crippen LogP contribution in [-0.4, -0.2) is 35.0 Å². The van der Waals surface area contributed by atoms with Crippen molar-refractivity contribution >= 4 is 16.8 Å². The highest BCUT2D eigenvalue weighted by atomic mass is 16.5. The summed E-state index contributed by atoms with van der Waals surface area (Å²) in [5, 5.41) is 1.19. The van der Waals surface area contributed by atoms with Crippen LogP contribution >= 0.6 is 0 Å². The fourth-order valence-electron chi connectivity index (χ4n) is 4.16. The van der Waals surface area contributed by atoms with Crippen molar-refractivity contribution in [3.05, 3.63) is 60.3 Å². The van der Waals surface area contributed by atoms with Crippen LogP contribution in [0.15, 0.2) is 54.7 Å². The van der Waals surface area contributed by atoms with Crippen LogP contribution in [0.5, 0.6) is 5.75 Å². The first-order chi connectivity index (χ1) is 14.2. The number of ether oxygens (including phenoxy) is 1. The third-order valence-corrected chi connectivity index (χ3v) is 6.11. The first-order valence-corrected chi connectivity index (χ1v) is 10.6. The Bertz CT molecular complexity index is 1030.